The number of hydrogen-bond donors (Lipinski definition) is 1. The van der Waals surface area contributed by atoms with Crippen LogP contribution in [0.3, 0.4) is 0 Å². The molecule has 0 atom stereocenters. The zero-order chi connectivity index (χ0) is 15.1. The lowest BCUT2D eigenvalue weighted by molar-refractivity contribution is -0.115. The molecule has 0 aromatic heterocycles. The molecule has 0 aliphatic heterocycles. The van der Waals surface area contributed by atoms with Gasteiger partial charge in [0.1, 0.15) is 5.82 Å². The van der Waals surface area contributed by atoms with Crippen molar-refractivity contribution in [3.8, 4) is 0 Å². The summed E-state index contributed by atoms with van der Waals surface area (Å²) in [6.07, 6.45) is 3.58. The van der Waals surface area contributed by atoms with Crippen molar-refractivity contribution in [2.24, 2.45) is 0 Å². The molecule has 0 bridgehead atoms. The van der Waals surface area contributed by atoms with Gasteiger partial charge in [-0.25, -0.2) is 4.39 Å². The van der Waals surface area contributed by atoms with Gasteiger partial charge in [0.2, 0.25) is 5.91 Å². The van der Waals surface area contributed by atoms with Crippen LogP contribution in [0.1, 0.15) is 30.9 Å². The van der Waals surface area contributed by atoms with E-state index in [1.807, 2.05) is 24.3 Å². The molecule has 21 heavy (non-hydrogen) atoms. The van der Waals surface area contributed by atoms with Crippen LogP contribution in [0.2, 0.25) is 0 Å². The largest absolute Gasteiger partial charge is 0.326 e. The molecule has 0 saturated carbocycles. The molecule has 110 valence electrons. The molecule has 2 aromatic rings. The van der Waals surface area contributed by atoms with Gasteiger partial charge in [0.05, 0.1) is 6.42 Å². The third-order valence-electron chi connectivity index (χ3n) is 3.31. The van der Waals surface area contributed by atoms with E-state index >= 15 is 0 Å². The summed E-state index contributed by atoms with van der Waals surface area (Å²) in [6, 6.07) is 14.0. The molecule has 0 aliphatic carbocycles. The summed E-state index contributed by atoms with van der Waals surface area (Å²) in [7, 11) is 0. The van der Waals surface area contributed by atoms with E-state index in [2.05, 4.69) is 12.2 Å². The fourth-order valence-corrected chi connectivity index (χ4v) is 2.17. The summed E-state index contributed by atoms with van der Waals surface area (Å²) in [5.41, 5.74) is 2.73. The van der Waals surface area contributed by atoms with Crippen molar-refractivity contribution < 1.29 is 9.18 Å². The number of unbranched alkanes of at least 4 members (excludes halogenated alkanes) is 1. The smallest absolute Gasteiger partial charge is 0.228 e. The topological polar surface area (TPSA) is 29.1 Å². The van der Waals surface area contributed by atoms with E-state index in [1.165, 1.54) is 30.5 Å². The molecule has 0 radical (unpaired) electrons. The van der Waals surface area contributed by atoms with Gasteiger partial charge in [-0.3, -0.25) is 4.79 Å². The fraction of sp³-hybridized carbons (Fsp3) is 0.278. The number of nitrogens with one attached hydrogen (secondary N) is 1. The second-order valence-electron chi connectivity index (χ2n) is 5.16. The minimum Gasteiger partial charge on any atom is -0.326 e. The van der Waals surface area contributed by atoms with Gasteiger partial charge < -0.3 is 5.32 Å². The highest BCUT2D eigenvalue weighted by molar-refractivity contribution is 5.92. The maximum atomic E-state index is 13.1. The Hall–Kier alpha value is -2.16. The number of carbonyl (C=O) groups is 1. The monoisotopic (exact) mass is 285 g/mol. The summed E-state index contributed by atoms with van der Waals surface area (Å²) in [6.45, 7) is 2.17. The number of benzene rings is 2. The molecule has 2 rings (SSSR count). The summed E-state index contributed by atoms with van der Waals surface area (Å²) in [5, 5.41) is 2.83. The van der Waals surface area contributed by atoms with Crippen LogP contribution in [-0.2, 0) is 17.6 Å². The molecular formula is C18H20FNO. The SMILES string of the molecule is CCCCc1ccc(NC(=O)Cc2cccc(F)c2)cc1. The highest BCUT2D eigenvalue weighted by atomic mass is 19.1. The molecule has 1 N–H and O–H groups in total. The number of halogens is 1. The Balaban J connectivity index is 1.90. The average Bonchev–Trinajstić information content (AvgIpc) is 2.46. The van der Waals surface area contributed by atoms with Gasteiger partial charge in [0, 0.05) is 5.69 Å². The second-order valence-corrected chi connectivity index (χ2v) is 5.16. The Bertz CT molecular complexity index is 592. The van der Waals surface area contributed by atoms with Crippen LogP contribution in [0.25, 0.3) is 0 Å². The summed E-state index contributed by atoms with van der Waals surface area (Å²) in [4.78, 5) is 11.9. The van der Waals surface area contributed by atoms with Crippen molar-refractivity contribution in [2.75, 3.05) is 5.32 Å². The van der Waals surface area contributed by atoms with Crippen molar-refractivity contribution in [1.29, 1.82) is 0 Å². The number of carbonyl (C=O) groups excluding carboxylic acids is 1. The van der Waals surface area contributed by atoms with Crippen LogP contribution in [0.5, 0.6) is 0 Å². The Labute approximate surface area is 125 Å². The average molecular weight is 285 g/mol. The second kappa shape index (κ2) is 7.58. The molecule has 0 aliphatic rings. The predicted molar refractivity (Wildman–Crippen MR) is 83.8 cm³/mol. The van der Waals surface area contributed by atoms with Gasteiger partial charge in [-0.15, -0.1) is 0 Å². The molecule has 3 heteroatoms. The first-order valence-electron chi connectivity index (χ1n) is 7.30. The number of rotatable bonds is 6. The maximum Gasteiger partial charge on any atom is 0.228 e. The van der Waals surface area contributed by atoms with Gasteiger partial charge in [-0.1, -0.05) is 37.6 Å². The van der Waals surface area contributed by atoms with Gasteiger partial charge in [-0.05, 0) is 48.2 Å². The van der Waals surface area contributed by atoms with Gasteiger partial charge in [0.25, 0.3) is 0 Å². The lowest BCUT2D eigenvalue weighted by Gasteiger charge is -2.07. The standard InChI is InChI=1S/C18H20FNO/c1-2-3-5-14-8-10-17(11-9-14)20-18(21)13-15-6-4-7-16(19)12-15/h4,6-12H,2-3,5,13H2,1H3,(H,20,21). The molecule has 2 nitrogen and oxygen atoms in total. The van der Waals surface area contributed by atoms with E-state index < -0.39 is 0 Å². The molecule has 0 heterocycles. The van der Waals surface area contributed by atoms with E-state index in [-0.39, 0.29) is 18.1 Å². The first kappa shape index (κ1) is 15.2. The Kier molecular flexibility index (Phi) is 5.50. The molecule has 0 unspecified atom stereocenters. The lowest BCUT2D eigenvalue weighted by Crippen LogP contribution is -2.14. The zero-order valence-electron chi connectivity index (χ0n) is 12.2. The van der Waals surface area contributed by atoms with E-state index in [0.29, 0.717) is 5.56 Å². The van der Waals surface area contributed by atoms with Crippen LogP contribution in [0, 0.1) is 5.82 Å². The molecule has 0 saturated heterocycles. The number of aryl methyl sites for hydroxylation is 1. The fourth-order valence-electron chi connectivity index (χ4n) is 2.17. The van der Waals surface area contributed by atoms with Gasteiger partial charge in [-0.2, -0.15) is 0 Å². The van der Waals surface area contributed by atoms with Crippen LogP contribution in [0.15, 0.2) is 48.5 Å². The minimum atomic E-state index is -0.319. The third kappa shape index (κ3) is 5.03. The van der Waals surface area contributed by atoms with E-state index in [4.69, 9.17) is 0 Å². The summed E-state index contributed by atoms with van der Waals surface area (Å²) >= 11 is 0. The minimum absolute atomic E-state index is 0.137. The normalized spacial score (nSPS) is 10.4. The van der Waals surface area contributed by atoms with Crippen LogP contribution < -0.4 is 5.32 Å². The van der Waals surface area contributed by atoms with Crippen LogP contribution >= 0.6 is 0 Å². The highest BCUT2D eigenvalue weighted by Gasteiger charge is 2.05. The summed E-state index contributed by atoms with van der Waals surface area (Å²) < 4.78 is 13.1. The first-order valence-corrected chi connectivity index (χ1v) is 7.30. The third-order valence-corrected chi connectivity index (χ3v) is 3.31. The Morgan fingerprint density at radius 1 is 1.10 bits per heavy atom. The van der Waals surface area contributed by atoms with Crippen molar-refractivity contribution >= 4 is 11.6 Å². The Morgan fingerprint density at radius 3 is 2.52 bits per heavy atom. The number of anilines is 1. The molecule has 0 fully saturated rings. The Morgan fingerprint density at radius 2 is 1.86 bits per heavy atom. The van der Waals surface area contributed by atoms with Crippen molar-refractivity contribution in [2.45, 2.75) is 32.6 Å². The highest BCUT2D eigenvalue weighted by Crippen LogP contribution is 2.12. The lowest BCUT2D eigenvalue weighted by atomic mass is 10.1. The summed E-state index contributed by atoms with van der Waals surface area (Å²) in [5.74, 6) is -0.456. The maximum absolute atomic E-state index is 13.1. The van der Waals surface area contributed by atoms with Crippen molar-refractivity contribution in [1.82, 2.24) is 0 Å². The molecule has 1 amide bonds. The van der Waals surface area contributed by atoms with Crippen LogP contribution in [0.4, 0.5) is 10.1 Å². The van der Waals surface area contributed by atoms with E-state index in [1.54, 1.807) is 12.1 Å². The van der Waals surface area contributed by atoms with Gasteiger partial charge >= 0.3 is 0 Å². The van der Waals surface area contributed by atoms with Crippen LogP contribution in [-0.4, -0.2) is 5.91 Å². The number of hydrogen-bond acceptors (Lipinski definition) is 1. The quantitative estimate of drug-likeness (QED) is 0.840. The van der Waals surface area contributed by atoms with Crippen molar-refractivity contribution in [3.05, 3.63) is 65.5 Å². The molecule has 2 aromatic carbocycles. The van der Waals surface area contributed by atoms with Crippen molar-refractivity contribution in [3.63, 3.8) is 0 Å². The predicted octanol–water partition coefficient (Wildman–Crippen LogP) is 4.35. The molecular weight excluding hydrogens is 265 g/mol. The van der Waals surface area contributed by atoms with E-state index in [0.717, 1.165) is 12.1 Å². The number of amides is 1. The zero-order valence-corrected chi connectivity index (χ0v) is 12.2. The molecule has 0 spiro atoms. The van der Waals surface area contributed by atoms with E-state index in [9.17, 15) is 9.18 Å². The van der Waals surface area contributed by atoms with Gasteiger partial charge in [0.15, 0.2) is 0 Å². The first-order chi connectivity index (χ1) is 10.2.